The average Bonchev–Trinajstić information content (AvgIpc) is 3.26. The van der Waals surface area contributed by atoms with Crippen LogP contribution in [0.2, 0.25) is 0 Å². The lowest BCUT2D eigenvalue weighted by Gasteiger charge is -2.24. The summed E-state index contributed by atoms with van der Waals surface area (Å²) in [6.07, 6.45) is 3.58. The zero-order valence-corrected chi connectivity index (χ0v) is 19.7. The Kier molecular flexibility index (Phi) is 5.99. The lowest BCUT2D eigenvalue weighted by molar-refractivity contribution is -0.0368. The van der Waals surface area contributed by atoms with E-state index in [1.807, 2.05) is 38.4 Å². The highest BCUT2D eigenvalue weighted by molar-refractivity contribution is 9.10. The van der Waals surface area contributed by atoms with E-state index in [4.69, 9.17) is 19.3 Å². The summed E-state index contributed by atoms with van der Waals surface area (Å²) in [5.74, 6) is 0.787. The lowest BCUT2D eigenvalue weighted by Crippen LogP contribution is -2.36. The third kappa shape index (κ3) is 4.59. The summed E-state index contributed by atoms with van der Waals surface area (Å²) in [5.41, 5.74) is 1.42. The van der Waals surface area contributed by atoms with E-state index in [-0.39, 0.29) is 18.4 Å². The first-order valence-corrected chi connectivity index (χ1v) is 11.4. The number of aromatic nitrogens is 2. The predicted octanol–water partition coefficient (Wildman–Crippen LogP) is 5.19. The molecule has 0 aliphatic carbocycles. The molecule has 2 fully saturated rings. The molecular formula is C22H30BrN3O4. The highest BCUT2D eigenvalue weighted by Gasteiger charge is 2.32. The van der Waals surface area contributed by atoms with Crippen molar-refractivity contribution in [1.29, 1.82) is 0 Å². The van der Waals surface area contributed by atoms with Gasteiger partial charge in [0.2, 0.25) is 0 Å². The number of halogens is 1. The zero-order valence-electron chi connectivity index (χ0n) is 18.1. The van der Waals surface area contributed by atoms with Gasteiger partial charge in [-0.2, -0.15) is 5.10 Å². The molecule has 1 aromatic heterocycles. The van der Waals surface area contributed by atoms with Gasteiger partial charge in [0.05, 0.1) is 23.1 Å². The van der Waals surface area contributed by atoms with E-state index in [1.165, 1.54) is 0 Å². The highest BCUT2D eigenvalue weighted by Crippen LogP contribution is 2.37. The number of benzene rings is 1. The topological polar surface area (TPSA) is 65.8 Å². The van der Waals surface area contributed by atoms with Crippen LogP contribution in [-0.2, 0) is 9.47 Å². The molecule has 0 saturated carbocycles. The molecule has 2 aliphatic rings. The van der Waals surface area contributed by atoms with Gasteiger partial charge in [-0.1, -0.05) is 15.9 Å². The first-order chi connectivity index (χ1) is 14.2. The minimum Gasteiger partial charge on any atom is -0.488 e. The van der Waals surface area contributed by atoms with Gasteiger partial charge in [-0.05, 0) is 59.1 Å². The molecule has 0 N–H and O–H groups in total. The molecule has 4 rings (SSSR count). The van der Waals surface area contributed by atoms with Gasteiger partial charge in [-0.3, -0.25) is 0 Å². The quantitative estimate of drug-likeness (QED) is 0.605. The Balaban J connectivity index is 1.55. The van der Waals surface area contributed by atoms with E-state index in [1.54, 1.807) is 4.90 Å². The van der Waals surface area contributed by atoms with E-state index >= 15 is 0 Å². The molecule has 30 heavy (non-hydrogen) atoms. The second kappa shape index (κ2) is 8.38. The maximum absolute atomic E-state index is 12.4. The number of aryl methyl sites for hydroxylation is 1. The Morgan fingerprint density at radius 2 is 2.07 bits per heavy atom. The fraction of sp³-hybridized carbons (Fsp3) is 0.636. The van der Waals surface area contributed by atoms with Crippen LogP contribution in [0.4, 0.5) is 4.79 Å². The van der Waals surface area contributed by atoms with Crippen molar-refractivity contribution in [3.63, 3.8) is 0 Å². The number of carbonyl (C=O) groups is 1. The molecule has 2 aromatic rings. The Bertz CT molecular complexity index is 931. The van der Waals surface area contributed by atoms with Crippen LogP contribution < -0.4 is 4.74 Å². The summed E-state index contributed by atoms with van der Waals surface area (Å²) in [6.45, 7) is 9.55. The van der Waals surface area contributed by atoms with Crippen molar-refractivity contribution in [2.45, 2.75) is 71.3 Å². The Morgan fingerprint density at radius 1 is 1.27 bits per heavy atom. The Morgan fingerprint density at radius 3 is 2.77 bits per heavy atom. The van der Waals surface area contributed by atoms with Crippen molar-refractivity contribution in [2.75, 3.05) is 19.7 Å². The SMILES string of the molecule is Cc1nn(C2CCCCO2)c2cc(Br)cc(OC3CCN(C(=O)OC(C)(C)C)C3)c12. The number of carbonyl (C=O) groups excluding carboxylic acids is 1. The van der Waals surface area contributed by atoms with Crippen molar-refractivity contribution in [3.8, 4) is 5.75 Å². The second-order valence-electron chi connectivity index (χ2n) is 9.10. The van der Waals surface area contributed by atoms with Crippen molar-refractivity contribution in [2.24, 2.45) is 0 Å². The number of fused-ring (bicyclic) bond motifs is 1. The molecule has 7 nitrogen and oxygen atoms in total. The molecule has 1 aromatic carbocycles. The van der Waals surface area contributed by atoms with Crippen LogP contribution in [0.3, 0.4) is 0 Å². The molecule has 2 saturated heterocycles. The van der Waals surface area contributed by atoms with Crippen LogP contribution >= 0.6 is 15.9 Å². The molecular weight excluding hydrogens is 450 g/mol. The largest absolute Gasteiger partial charge is 0.488 e. The average molecular weight is 480 g/mol. The molecule has 2 aliphatic heterocycles. The fourth-order valence-corrected chi connectivity index (χ4v) is 4.53. The number of hydrogen-bond donors (Lipinski definition) is 0. The maximum Gasteiger partial charge on any atom is 0.410 e. The van der Waals surface area contributed by atoms with Gasteiger partial charge in [0.15, 0.2) is 6.23 Å². The number of ether oxygens (including phenoxy) is 3. The molecule has 2 unspecified atom stereocenters. The van der Waals surface area contributed by atoms with Crippen molar-refractivity contribution < 1.29 is 19.0 Å². The normalized spacial score (nSPS) is 22.5. The van der Waals surface area contributed by atoms with E-state index in [0.717, 1.165) is 59.1 Å². The van der Waals surface area contributed by atoms with Gasteiger partial charge < -0.3 is 19.1 Å². The number of likely N-dealkylation sites (tertiary alicyclic amines) is 1. The molecule has 0 spiro atoms. The molecule has 3 heterocycles. The number of nitrogens with zero attached hydrogens (tertiary/aromatic N) is 3. The molecule has 164 valence electrons. The van der Waals surface area contributed by atoms with E-state index < -0.39 is 5.60 Å². The Labute approximate surface area is 185 Å². The molecule has 1 amide bonds. The second-order valence-corrected chi connectivity index (χ2v) is 10.0. The lowest BCUT2D eigenvalue weighted by atomic mass is 10.1. The summed E-state index contributed by atoms with van der Waals surface area (Å²) < 4.78 is 20.8. The third-order valence-corrected chi connectivity index (χ3v) is 5.89. The van der Waals surface area contributed by atoms with Gasteiger partial charge >= 0.3 is 6.09 Å². The van der Waals surface area contributed by atoms with Gasteiger partial charge in [0.1, 0.15) is 17.5 Å². The summed E-state index contributed by atoms with van der Waals surface area (Å²) >= 11 is 3.62. The van der Waals surface area contributed by atoms with Gasteiger partial charge in [-0.25, -0.2) is 9.48 Å². The first-order valence-electron chi connectivity index (χ1n) is 10.7. The summed E-state index contributed by atoms with van der Waals surface area (Å²) in [7, 11) is 0. The number of rotatable bonds is 3. The maximum atomic E-state index is 12.4. The van der Waals surface area contributed by atoms with E-state index in [0.29, 0.717) is 13.1 Å². The summed E-state index contributed by atoms with van der Waals surface area (Å²) in [6, 6.07) is 4.06. The molecule has 0 bridgehead atoms. The first kappa shape index (κ1) is 21.4. The van der Waals surface area contributed by atoms with Crippen molar-refractivity contribution in [3.05, 3.63) is 22.3 Å². The monoisotopic (exact) mass is 479 g/mol. The fourth-order valence-electron chi connectivity index (χ4n) is 4.10. The van der Waals surface area contributed by atoms with Crippen LogP contribution in [0.5, 0.6) is 5.75 Å². The number of hydrogen-bond acceptors (Lipinski definition) is 5. The van der Waals surface area contributed by atoms with Crippen LogP contribution in [0.15, 0.2) is 16.6 Å². The van der Waals surface area contributed by atoms with Crippen LogP contribution in [-0.4, -0.2) is 52.2 Å². The predicted molar refractivity (Wildman–Crippen MR) is 118 cm³/mol. The molecule has 8 heteroatoms. The van der Waals surface area contributed by atoms with Gasteiger partial charge in [0, 0.05) is 24.0 Å². The van der Waals surface area contributed by atoms with Crippen LogP contribution in [0.1, 0.15) is 58.4 Å². The minimum absolute atomic E-state index is 0.0359. The zero-order chi connectivity index (χ0) is 21.5. The van der Waals surface area contributed by atoms with Gasteiger partial charge in [0.25, 0.3) is 0 Å². The molecule has 2 atom stereocenters. The third-order valence-electron chi connectivity index (χ3n) is 5.43. The van der Waals surface area contributed by atoms with Crippen molar-refractivity contribution in [1.82, 2.24) is 14.7 Å². The van der Waals surface area contributed by atoms with Crippen LogP contribution in [0, 0.1) is 6.92 Å². The summed E-state index contributed by atoms with van der Waals surface area (Å²) in [4.78, 5) is 14.1. The molecule has 0 radical (unpaired) electrons. The standard InChI is InChI=1S/C22H30BrN3O4/c1-14-20-17(26(24-14)19-7-5-6-10-28-19)11-15(23)12-18(20)29-16-8-9-25(13-16)21(27)30-22(2,3)4/h11-12,16,19H,5-10,13H2,1-4H3. The Hall–Kier alpha value is -1.80. The number of amides is 1. The highest BCUT2D eigenvalue weighted by atomic mass is 79.9. The summed E-state index contributed by atoms with van der Waals surface area (Å²) in [5, 5.41) is 5.78. The van der Waals surface area contributed by atoms with Crippen molar-refractivity contribution >= 4 is 32.9 Å². The van der Waals surface area contributed by atoms with Crippen LogP contribution in [0.25, 0.3) is 10.9 Å². The minimum atomic E-state index is -0.501. The smallest absolute Gasteiger partial charge is 0.410 e. The van der Waals surface area contributed by atoms with E-state index in [9.17, 15) is 4.79 Å². The van der Waals surface area contributed by atoms with Gasteiger partial charge in [-0.15, -0.1) is 0 Å². The van der Waals surface area contributed by atoms with E-state index in [2.05, 4.69) is 22.0 Å².